The highest BCUT2D eigenvalue weighted by atomic mass is 16.2. The second-order valence-electron chi connectivity index (χ2n) is 9.45. The molecule has 2 fully saturated rings. The average molecular weight is 465 g/mol. The van der Waals surface area contributed by atoms with Gasteiger partial charge in [0.2, 0.25) is 5.91 Å². The molecule has 8 heteroatoms. The van der Waals surface area contributed by atoms with Gasteiger partial charge in [-0.3, -0.25) is 14.6 Å². The van der Waals surface area contributed by atoms with Crippen molar-refractivity contribution >= 4 is 23.3 Å². The Morgan fingerprint density at radius 1 is 1.06 bits per heavy atom. The summed E-state index contributed by atoms with van der Waals surface area (Å²) >= 11 is 0. The lowest BCUT2D eigenvalue weighted by Gasteiger charge is -2.35. The maximum Gasteiger partial charge on any atom is 0.324 e. The number of nitrogens with zero attached hydrogens (tertiary/aromatic N) is 3. The molecule has 2 aliphatic rings. The van der Waals surface area contributed by atoms with Gasteiger partial charge in [0.05, 0.1) is 0 Å². The summed E-state index contributed by atoms with van der Waals surface area (Å²) in [6, 6.07) is 16.4. The Morgan fingerprint density at radius 3 is 2.35 bits per heavy atom. The van der Waals surface area contributed by atoms with Crippen molar-refractivity contribution in [3.05, 3.63) is 59.7 Å². The normalized spacial score (nSPS) is 19.6. The number of primary amides is 1. The van der Waals surface area contributed by atoms with Gasteiger partial charge in [-0.05, 0) is 61.7 Å². The van der Waals surface area contributed by atoms with Crippen LogP contribution in [0.1, 0.15) is 35.7 Å². The smallest absolute Gasteiger partial charge is 0.324 e. The van der Waals surface area contributed by atoms with Crippen molar-refractivity contribution in [3.63, 3.8) is 0 Å². The summed E-state index contributed by atoms with van der Waals surface area (Å²) in [7, 11) is 1.85. The molecule has 0 spiro atoms. The van der Waals surface area contributed by atoms with Gasteiger partial charge < -0.3 is 21.3 Å². The van der Waals surface area contributed by atoms with E-state index in [1.165, 1.54) is 5.56 Å². The van der Waals surface area contributed by atoms with Gasteiger partial charge in [0, 0.05) is 75.3 Å². The lowest BCUT2D eigenvalue weighted by molar-refractivity contribution is 0.100. The predicted molar refractivity (Wildman–Crippen MR) is 136 cm³/mol. The molecule has 0 radical (unpaired) electrons. The van der Waals surface area contributed by atoms with E-state index < -0.39 is 5.91 Å². The number of hydrogen-bond acceptors (Lipinski definition) is 5. The van der Waals surface area contributed by atoms with Crippen molar-refractivity contribution in [3.8, 4) is 0 Å². The van der Waals surface area contributed by atoms with Crippen LogP contribution in [0.4, 0.5) is 16.2 Å². The van der Waals surface area contributed by atoms with Gasteiger partial charge in [-0.25, -0.2) is 4.79 Å². The summed E-state index contributed by atoms with van der Waals surface area (Å²) in [6.07, 6.45) is 1.75. The minimum Gasteiger partial charge on any atom is -0.382 e. The minimum absolute atomic E-state index is 0.0351. The first-order valence-corrected chi connectivity index (χ1v) is 12.1. The van der Waals surface area contributed by atoms with Crippen LogP contribution in [0, 0.1) is 0 Å². The van der Waals surface area contributed by atoms with Crippen LogP contribution >= 0.6 is 0 Å². The van der Waals surface area contributed by atoms with Gasteiger partial charge in [-0.2, -0.15) is 0 Å². The largest absolute Gasteiger partial charge is 0.382 e. The lowest BCUT2D eigenvalue weighted by atomic mass is 10.0. The number of nitrogens with one attached hydrogen (secondary N) is 2. The van der Waals surface area contributed by atoms with Gasteiger partial charge >= 0.3 is 6.03 Å². The number of rotatable bonds is 6. The van der Waals surface area contributed by atoms with Crippen LogP contribution in [0.15, 0.2) is 48.5 Å². The van der Waals surface area contributed by atoms with Gasteiger partial charge in [-0.15, -0.1) is 0 Å². The first kappa shape index (κ1) is 24.0. The van der Waals surface area contributed by atoms with E-state index in [0.717, 1.165) is 50.4 Å². The van der Waals surface area contributed by atoms with Gasteiger partial charge in [0.1, 0.15) is 0 Å². The third-order valence-electron chi connectivity index (χ3n) is 6.78. The number of carbonyl (C=O) groups excluding carboxylic acids is 2. The van der Waals surface area contributed by atoms with E-state index in [-0.39, 0.29) is 6.03 Å². The fraction of sp³-hybridized carbons (Fsp3) is 0.462. The Bertz CT molecular complexity index is 970. The van der Waals surface area contributed by atoms with Crippen LogP contribution < -0.4 is 21.3 Å². The number of benzene rings is 2. The maximum absolute atomic E-state index is 13.1. The Labute approximate surface area is 202 Å². The molecule has 8 nitrogen and oxygen atoms in total. The van der Waals surface area contributed by atoms with E-state index in [1.807, 2.05) is 36.2 Å². The zero-order valence-corrected chi connectivity index (χ0v) is 20.2. The molecule has 2 aliphatic heterocycles. The highest BCUT2D eigenvalue weighted by molar-refractivity contribution is 5.93. The van der Waals surface area contributed by atoms with Crippen molar-refractivity contribution in [2.45, 2.75) is 38.4 Å². The number of likely N-dealkylation sites (tertiary alicyclic amines) is 1. The Morgan fingerprint density at radius 2 is 1.74 bits per heavy atom. The molecule has 1 atom stereocenters. The summed E-state index contributed by atoms with van der Waals surface area (Å²) in [5.41, 5.74) is 8.95. The minimum atomic E-state index is -0.425. The molecule has 0 saturated carbocycles. The van der Waals surface area contributed by atoms with Crippen LogP contribution in [0.5, 0.6) is 0 Å². The molecular formula is C26H36N6O2. The molecule has 0 aliphatic carbocycles. The average Bonchev–Trinajstić information content (AvgIpc) is 2.84. The maximum atomic E-state index is 13.1. The summed E-state index contributed by atoms with van der Waals surface area (Å²) in [5, 5.41) is 6.97. The highest BCUT2D eigenvalue weighted by Gasteiger charge is 2.25. The van der Waals surface area contributed by atoms with E-state index >= 15 is 0 Å². The first-order chi connectivity index (χ1) is 16.4. The second kappa shape index (κ2) is 10.9. The molecule has 2 saturated heterocycles. The van der Waals surface area contributed by atoms with Crippen molar-refractivity contribution < 1.29 is 9.59 Å². The molecule has 182 valence electrons. The van der Waals surface area contributed by atoms with Crippen molar-refractivity contribution in [1.29, 1.82) is 0 Å². The zero-order chi connectivity index (χ0) is 24.1. The molecule has 4 rings (SSSR count). The van der Waals surface area contributed by atoms with Crippen LogP contribution in [-0.4, -0.2) is 73.6 Å². The monoisotopic (exact) mass is 464 g/mol. The molecule has 4 N–H and O–H groups in total. The van der Waals surface area contributed by atoms with Crippen LogP contribution in [0.25, 0.3) is 0 Å². The SMILES string of the molecule is C[C@H]1CN(Cc2ccc(N(C)C(=O)N3CCC(Nc4ccc(C(N)=O)cc4)CC3)cc2)CCN1. The summed E-state index contributed by atoms with van der Waals surface area (Å²) < 4.78 is 0. The molecule has 2 heterocycles. The number of nitrogens with two attached hydrogens (primary N) is 1. The number of carbonyl (C=O) groups is 2. The fourth-order valence-electron chi connectivity index (χ4n) is 4.74. The summed E-state index contributed by atoms with van der Waals surface area (Å²) in [6.45, 7) is 7.73. The van der Waals surface area contributed by atoms with Gasteiger partial charge in [-0.1, -0.05) is 12.1 Å². The van der Waals surface area contributed by atoms with E-state index in [1.54, 1.807) is 17.0 Å². The molecule has 2 aromatic carbocycles. The second-order valence-corrected chi connectivity index (χ2v) is 9.45. The third kappa shape index (κ3) is 6.07. The van der Waals surface area contributed by atoms with Crippen LogP contribution in [0.2, 0.25) is 0 Å². The molecule has 2 aromatic rings. The summed E-state index contributed by atoms with van der Waals surface area (Å²) in [5.74, 6) is -0.425. The number of urea groups is 1. The van der Waals surface area contributed by atoms with E-state index in [0.29, 0.717) is 30.7 Å². The molecule has 0 unspecified atom stereocenters. The number of piperidine rings is 1. The lowest BCUT2D eigenvalue weighted by Crippen LogP contribution is -2.48. The zero-order valence-electron chi connectivity index (χ0n) is 20.2. The molecule has 34 heavy (non-hydrogen) atoms. The van der Waals surface area contributed by atoms with Gasteiger partial charge in [0.25, 0.3) is 0 Å². The van der Waals surface area contributed by atoms with E-state index in [9.17, 15) is 9.59 Å². The van der Waals surface area contributed by atoms with E-state index in [4.69, 9.17) is 5.73 Å². The Kier molecular flexibility index (Phi) is 7.70. The highest BCUT2D eigenvalue weighted by Crippen LogP contribution is 2.21. The summed E-state index contributed by atoms with van der Waals surface area (Å²) in [4.78, 5) is 30.4. The van der Waals surface area contributed by atoms with Crippen molar-refractivity contribution in [2.75, 3.05) is 50.0 Å². The molecular weight excluding hydrogens is 428 g/mol. The Balaban J connectivity index is 1.25. The van der Waals surface area contributed by atoms with Crippen LogP contribution in [0.3, 0.4) is 0 Å². The number of hydrogen-bond donors (Lipinski definition) is 3. The quantitative estimate of drug-likeness (QED) is 0.611. The van der Waals surface area contributed by atoms with Crippen molar-refractivity contribution in [1.82, 2.24) is 15.1 Å². The fourth-order valence-corrected chi connectivity index (χ4v) is 4.74. The standard InChI is InChI=1S/C26H36N6O2/c1-19-17-31(16-13-28-19)18-20-3-9-24(10-4-20)30(2)26(34)32-14-11-23(12-15-32)29-22-7-5-21(6-8-22)25(27)33/h3-10,19,23,28-29H,11-18H2,1-2H3,(H2,27,33)/t19-/m0/s1. The number of anilines is 2. The number of piperazine rings is 1. The molecule has 3 amide bonds. The topological polar surface area (TPSA) is 93.9 Å². The van der Waals surface area contributed by atoms with Crippen LogP contribution in [-0.2, 0) is 6.54 Å². The molecule has 0 aromatic heterocycles. The Hall–Kier alpha value is -3.10. The molecule has 0 bridgehead atoms. The predicted octanol–water partition coefficient (Wildman–Crippen LogP) is 2.71. The van der Waals surface area contributed by atoms with E-state index in [2.05, 4.69) is 34.6 Å². The first-order valence-electron chi connectivity index (χ1n) is 12.1. The third-order valence-corrected chi connectivity index (χ3v) is 6.78. The number of amides is 3. The van der Waals surface area contributed by atoms with Gasteiger partial charge in [0.15, 0.2) is 0 Å². The van der Waals surface area contributed by atoms with Crippen molar-refractivity contribution in [2.24, 2.45) is 5.73 Å².